The summed E-state index contributed by atoms with van der Waals surface area (Å²) in [5.74, 6) is 1.55. The summed E-state index contributed by atoms with van der Waals surface area (Å²) in [5, 5.41) is 4.47. The van der Waals surface area contributed by atoms with Crippen molar-refractivity contribution in [1.29, 1.82) is 0 Å². The largest absolute Gasteiger partial charge is 0.494 e. The summed E-state index contributed by atoms with van der Waals surface area (Å²) in [5.41, 5.74) is 4.04. The molecule has 2 N–H and O–H groups in total. The molecule has 0 aliphatic rings. The van der Waals surface area contributed by atoms with Crippen molar-refractivity contribution in [2.75, 3.05) is 18.5 Å². The Morgan fingerprint density at radius 3 is 2.56 bits per heavy atom. The minimum absolute atomic E-state index is 0.106. The Bertz CT molecular complexity index is 1240. The highest BCUT2D eigenvalue weighted by molar-refractivity contribution is 5.91. The number of aromatic amines is 1. The van der Waals surface area contributed by atoms with Gasteiger partial charge in [0.2, 0.25) is 0 Å². The highest BCUT2D eigenvalue weighted by atomic mass is 16.5. The van der Waals surface area contributed by atoms with Crippen molar-refractivity contribution in [3.63, 3.8) is 0 Å². The fraction of sp³-hybridized carbons (Fsp3) is 0.345. The van der Waals surface area contributed by atoms with Crippen molar-refractivity contribution in [2.45, 2.75) is 52.0 Å². The van der Waals surface area contributed by atoms with E-state index in [1.165, 1.54) is 5.56 Å². The standard InChI is InChI=1S/C29H34N4O3/c1-3-35-27(34)13-9-4-5-10-18-36-24-16-14-23(15-17-24)26-19-25-28(30-20-31-29(25)33-26)32-21(2)22-11-7-6-8-12-22/h6-8,11-12,14-17,19-21H,3-5,9-10,13,18H2,1-2H3,(H2,30,31,32,33). The van der Waals surface area contributed by atoms with Crippen LogP contribution in [0.1, 0.15) is 57.6 Å². The van der Waals surface area contributed by atoms with Crippen LogP contribution in [0, 0.1) is 0 Å². The zero-order valence-corrected chi connectivity index (χ0v) is 21.0. The third kappa shape index (κ3) is 6.84. The number of H-pyrrole nitrogens is 1. The number of carbonyl (C=O) groups is 1. The molecule has 0 bridgehead atoms. The molecule has 7 nitrogen and oxygen atoms in total. The van der Waals surface area contributed by atoms with Gasteiger partial charge in [0, 0.05) is 18.2 Å². The lowest BCUT2D eigenvalue weighted by molar-refractivity contribution is -0.143. The number of esters is 1. The summed E-state index contributed by atoms with van der Waals surface area (Å²) >= 11 is 0. The van der Waals surface area contributed by atoms with Gasteiger partial charge in [-0.05, 0) is 68.1 Å². The zero-order valence-electron chi connectivity index (χ0n) is 21.0. The van der Waals surface area contributed by atoms with Crippen molar-refractivity contribution < 1.29 is 14.3 Å². The molecular weight excluding hydrogens is 452 g/mol. The first-order valence-electron chi connectivity index (χ1n) is 12.7. The molecule has 0 aliphatic carbocycles. The molecule has 0 saturated heterocycles. The van der Waals surface area contributed by atoms with Crippen molar-refractivity contribution in [3.05, 3.63) is 72.6 Å². The number of ether oxygens (including phenoxy) is 2. The molecule has 4 rings (SSSR count). The Balaban J connectivity index is 1.30. The van der Waals surface area contributed by atoms with Crippen molar-refractivity contribution in [2.24, 2.45) is 0 Å². The molecule has 0 aliphatic heterocycles. The third-order valence-electron chi connectivity index (χ3n) is 6.09. The van der Waals surface area contributed by atoms with E-state index in [1.807, 2.05) is 49.4 Å². The average Bonchev–Trinajstić information content (AvgIpc) is 3.35. The van der Waals surface area contributed by atoms with Crippen LogP contribution in [0.25, 0.3) is 22.3 Å². The number of fused-ring (bicyclic) bond motifs is 1. The molecule has 0 fully saturated rings. The first kappa shape index (κ1) is 25.2. The van der Waals surface area contributed by atoms with E-state index in [2.05, 4.69) is 45.4 Å². The second-order valence-corrected chi connectivity index (χ2v) is 8.79. The second kappa shape index (κ2) is 12.7. The summed E-state index contributed by atoms with van der Waals surface area (Å²) in [7, 11) is 0. The fourth-order valence-electron chi connectivity index (χ4n) is 4.12. The lowest BCUT2D eigenvalue weighted by Gasteiger charge is -2.15. The predicted octanol–water partition coefficient (Wildman–Crippen LogP) is 6.69. The van der Waals surface area contributed by atoms with Crippen LogP contribution in [-0.4, -0.2) is 34.1 Å². The number of unbranched alkanes of at least 4 members (excludes halogenated alkanes) is 3. The summed E-state index contributed by atoms with van der Waals surface area (Å²) in [6, 6.07) is 20.6. The van der Waals surface area contributed by atoms with Gasteiger partial charge in [-0.1, -0.05) is 43.2 Å². The van der Waals surface area contributed by atoms with E-state index in [0.29, 0.717) is 19.6 Å². The maximum Gasteiger partial charge on any atom is 0.305 e. The monoisotopic (exact) mass is 486 g/mol. The number of nitrogens with zero attached hydrogens (tertiary/aromatic N) is 2. The SMILES string of the molecule is CCOC(=O)CCCCCCOc1ccc(-c2cc3c(NC(C)c4ccccc4)ncnc3[nH]2)cc1. The minimum atomic E-state index is -0.106. The van der Waals surface area contributed by atoms with E-state index in [9.17, 15) is 4.79 Å². The van der Waals surface area contributed by atoms with E-state index >= 15 is 0 Å². The van der Waals surface area contributed by atoms with Crippen LogP contribution in [0.15, 0.2) is 67.0 Å². The van der Waals surface area contributed by atoms with E-state index < -0.39 is 0 Å². The topological polar surface area (TPSA) is 89.1 Å². The van der Waals surface area contributed by atoms with Gasteiger partial charge in [0.15, 0.2) is 0 Å². The van der Waals surface area contributed by atoms with Gasteiger partial charge in [-0.2, -0.15) is 0 Å². The molecule has 0 saturated carbocycles. The molecule has 2 aromatic carbocycles. The number of hydrogen-bond acceptors (Lipinski definition) is 6. The van der Waals surface area contributed by atoms with Crippen LogP contribution in [0.2, 0.25) is 0 Å². The van der Waals surface area contributed by atoms with E-state index in [0.717, 1.165) is 59.5 Å². The summed E-state index contributed by atoms with van der Waals surface area (Å²) in [4.78, 5) is 23.7. The molecule has 188 valence electrons. The van der Waals surface area contributed by atoms with Gasteiger partial charge in [0.25, 0.3) is 0 Å². The predicted molar refractivity (Wildman–Crippen MR) is 143 cm³/mol. The Morgan fingerprint density at radius 1 is 1.00 bits per heavy atom. The Hall–Kier alpha value is -3.87. The quantitative estimate of drug-likeness (QED) is 0.162. The number of anilines is 1. The van der Waals surface area contributed by atoms with Gasteiger partial charge < -0.3 is 19.8 Å². The molecule has 4 aromatic rings. The molecule has 2 aromatic heterocycles. The molecule has 0 amide bonds. The highest BCUT2D eigenvalue weighted by Crippen LogP contribution is 2.29. The van der Waals surface area contributed by atoms with Crippen LogP contribution < -0.4 is 10.1 Å². The number of hydrogen-bond donors (Lipinski definition) is 2. The van der Waals surface area contributed by atoms with Gasteiger partial charge in [-0.25, -0.2) is 9.97 Å². The van der Waals surface area contributed by atoms with Gasteiger partial charge >= 0.3 is 5.97 Å². The second-order valence-electron chi connectivity index (χ2n) is 8.79. The van der Waals surface area contributed by atoms with Crippen LogP contribution >= 0.6 is 0 Å². The zero-order chi connectivity index (χ0) is 25.2. The third-order valence-corrected chi connectivity index (χ3v) is 6.09. The van der Waals surface area contributed by atoms with Gasteiger partial charge in [0.05, 0.1) is 18.6 Å². The lowest BCUT2D eigenvalue weighted by Crippen LogP contribution is -2.08. The number of benzene rings is 2. The van der Waals surface area contributed by atoms with Gasteiger partial charge in [-0.3, -0.25) is 4.79 Å². The Labute approximate surface area is 212 Å². The first-order chi connectivity index (χ1) is 17.6. The number of aromatic nitrogens is 3. The van der Waals surface area contributed by atoms with Crippen molar-refractivity contribution in [1.82, 2.24) is 15.0 Å². The van der Waals surface area contributed by atoms with E-state index in [-0.39, 0.29) is 12.0 Å². The minimum Gasteiger partial charge on any atom is -0.494 e. The number of rotatable bonds is 13. The average molecular weight is 487 g/mol. The van der Waals surface area contributed by atoms with Crippen LogP contribution in [-0.2, 0) is 9.53 Å². The van der Waals surface area contributed by atoms with Crippen molar-refractivity contribution in [3.8, 4) is 17.0 Å². The molecule has 1 unspecified atom stereocenters. The Morgan fingerprint density at radius 2 is 1.78 bits per heavy atom. The van der Waals surface area contributed by atoms with Crippen molar-refractivity contribution >= 4 is 22.8 Å². The smallest absolute Gasteiger partial charge is 0.305 e. The van der Waals surface area contributed by atoms with Gasteiger partial charge in [-0.15, -0.1) is 0 Å². The molecule has 0 radical (unpaired) electrons. The molecule has 1 atom stereocenters. The molecule has 7 heteroatoms. The Kier molecular flexibility index (Phi) is 8.92. The lowest BCUT2D eigenvalue weighted by atomic mass is 10.1. The molecular formula is C29H34N4O3. The van der Waals surface area contributed by atoms with Gasteiger partial charge in [0.1, 0.15) is 23.5 Å². The van der Waals surface area contributed by atoms with Crippen LogP contribution in [0.5, 0.6) is 5.75 Å². The van der Waals surface area contributed by atoms with Crippen LogP contribution in [0.3, 0.4) is 0 Å². The van der Waals surface area contributed by atoms with Crippen LogP contribution in [0.4, 0.5) is 5.82 Å². The molecule has 0 spiro atoms. The first-order valence-corrected chi connectivity index (χ1v) is 12.7. The fourth-order valence-corrected chi connectivity index (χ4v) is 4.12. The molecule has 2 heterocycles. The van der Waals surface area contributed by atoms with E-state index in [4.69, 9.17) is 9.47 Å². The summed E-state index contributed by atoms with van der Waals surface area (Å²) < 4.78 is 10.8. The van der Waals surface area contributed by atoms with E-state index in [1.54, 1.807) is 6.33 Å². The number of carbonyl (C=O) groups excluding carboxylic acids is 1. The maximum atomic E-state index is 11.4. The summed E-state index contributed by atoms with van der Waals surface area (Å²) in [6.45, 7) is 5.07. The summed E-state index contributed by atoms with van der Waals surface area (Å²) in [6.07, 6.45) is 5.95. The molecule has 36 heavy (non-hydrogen) atoms. The number of nitrogens with one attached hydrogen (secondary N) is 2. The normalized spacial score (nSPS) is 11.8. The highest BCUT2D eigenvalue weighted by Gasteiger charge is 2.12. The maximum absolute atomic E-state index is 11.4.